The maximum atomic E-state index is 13.0. The predicted molar refractivity (Wildman–Crippen MR) is 486 cm³/mol. The van der Waals surface area contributed by atoms with Crippen molar-refractivity contribution in [3.05, 3.63) is 144 Å². The van der Waals surface area contributed by atoms with Gasteiger partial charge >= 0.3 is 36.6 Å². The lowest BCUT2D eigenvalue weighted by Crippen LogP contribution is -2.39. The van der Waals surface area contributed by atoms with Gasteiger partial charge in [-0.2, -0.15) is 11.0 Å². The Balaban J connectivity index is 0.000000712. The summed E-state index contributed by atoms with van der Waals surface area (Å²) in [7, 11) is 0. The van der Waals surface area contributed by atoms with E-state index in [4.69, 9.17) is 125 Å². The summed E-state index contributed by atoms with van der Waals surface area (Å²) in [6.07, 6.45) is -3.34. The van der Waals surface area contributed by atoms with Crippen molar-refractivity contribution in [3.8, 4) is 0 Å². The first-order valence-corrected chi connectivity index (χ1v) is 44.6. The number of alkyl carbamates (subject to hydrolysis) is 4. The second-order valence-corrected chi connectivity index (χ2v) is 29.6. The van der Waals surface area contributed by atoms with Gasteiger partial charge in [0.1, 0.15) is 50.8 Å². The molecule has 0 saturated heterocycles. The van der Waals surface area contributed by atoms with Crippen LogP contribution in [0.4, 0.5) is 28.8 Å². The van der Waals surface area contributed by atoms with E-state index in [2.05, 4.69) is 37.5 Å². The third-order valence-electron chi connectivity index (χ3n) is 16.2. The summed E-state index contributed by atoms with van der Waals surface area (Å²) in [6.45, 7) is 27.2. The lowest BCUT2D eigenvalue weighted by molar-refractivity contribution is -0.139. The maximum absolute atomic E-state index is 13.0. The number of hydrogen-bond acceptors (Lipinski definition) is 35. The molecule has 0 fully saturated rings. The van der Waals surface area contributed by atoms with E-state index >= 15 is 0 Å². The largest absolute Gasteiger partial charge is 0.445 e. The first-order chi connectivity index (χ1) is 64.7. The monoisotopic (exact) mass is 1900 g/mol. The molecule has 133 heavy (non-hydrogen) atoms. The molecular weight excluding hydrogens is 1750 g/mol. The number of nitrogens with two attached hydrogens (primary N) is 2. The molecule has 0 aliphatic carbocycles. The molecule has 4 aromatic carbocycles. The van der Waals surface area contributed by atoms with Crippen molar-refractivity contribution in [1.29, 1.82) is 0 Å². The Morgan fingerprint density at radius 3 is 0.707 bits per heavy atom. The second kappa shape index (κ2) is 85.5. The molecule has 4 aromatic rings. The highest BCUT2D eigenvalue weighted by Gasteiger charge is 2.20. The Morgan fingerprint density at radius 2 is 0.466 bits per heavy atom. The van der Waals surface area contributed by atoms with E-state index in [1.54, 1.807) is 51.3 Å². The smallest absolute Gasteiger partial charge is 0.431 e. The summed E-state index contributed by atoms with van der Waals surface area (Å²) in [5.41, 5.74) is 17.6. The molecule has 756 valence electrons. The zero-order valence-electron chi connectivity index (χ0n) is 78.5. The van der Waals surface area contributed by atoms with Gasteiger partial charge in [0.25, 0.3) is 0 Å². The fraction of sp³-hybridized carbons (Fsp3) is 0.644. The first-order valence-electron chi connectivity index (χ1n) is 44.6. The van der Waals surface area contributed by atoms with Crippen molar-refractivity contribution in [2.75, 3.05) is 303 Å². The van der Waals surface area contributed by atoms with Crippen LogP contribution in [0.3, 0.4) is 0 Å². The Labute approximate surface area is 782 Å². The summed E-state index contributed by atoms with van der Waals surface area (Å²) in [5.74, 6) is -0.408. The molecule has 0 saturated carbocycles. The highest BCUT2D eigenvalue weighted by molar-refractivity contribution is 5.78. The minimum atomic E-state index is -0.663. The van der Waals surface area contributed by atoms with Gasteiger partial charge in [-0.05, 0) is 63.8 Å². The van der Waals surface area contributed by atoms with Gasteiger partial charge in [-0.15, -0.1) is 0 Å². The van der Waals surface area contributed by atoms with Crippen LogP contribution in [0.1, 0.15) is 63.8 Å². The molecule has 0 atom stereocenters. The highest BCUT2D eigenvalue weighted by Crippen LogP contribution is 2.10. The molecule has 0 heterocycles. The number of nitrogens with zero attached hydrogens (tertiary/aromatic N) is 2. The summed E-state index contributed by atoms with van der Waals surface area (Å²) in [4.78, 5) is 108. The van der Waals surface area contributed by atoms with Gasteiger partial charge in [-0.1, -0.05) is 121 Å². The van der Waals surface area contributed by atoms with Crippen LogP contribution in [0.25, 0.3) is 0 Å². The summed E-state index contributed by atoms with van der Waals surface area (Å²) in [6, 6.07) is 37.7. The minimum absolute atomic E-state index is 0.0509. The maximum Gasteiger partial charge on any atom is 0.431 e. The third-order valence-corrected chi connectivity index (χ3v) is 16.2. The Morgan fingerprint density at radius 1 is 0.256 bits per heavy atom. The van der Waals surface area contributed by atoms with Gasteiger partial charge in [-0.3, -0.25) is 19.3 Å². The van der Waals surface area contributed by atoms with Crippen LogP contribution in [0.2, 0.25) is 0 Å². The van der Waals surface area contributed by atoms with E-state index in [1.807, 2.05) is 121 Å². The number of benzene rings is 4. The summed E-state index contributed by atoms with van der Waals surface area (Å²) in [5, 5.41) is 13.7. The van der Waals surface area contributed by atoms with Gasteiger partial charge < -0.3 is 152 Å². The molecule has 0 aromatic heterocycles. The quantitative estimate of drug-likeness (QED) is 0.0159. The molecule has 0 aliphatic rings. The van der Waals surface area contributed by atoms with E-state index in [0.29, 0.717) is 198 Å². The molecule has 0 spiro atoms. The molecule has 0 bridgehead atoms. The van der Waals surface area contributed by atoms with Crippen LogP contribution in [-0.2, 0) is 150 Å². The number of hydroxylamine groups is 2. The standard InChI is InChI=1S/C41H64N4O15.C25H52N4O11.C24H33N3O6/c1-41(2,3)60-40(49)44-59-31-30-55-27-26-53-23-22-52-24-25-54-28-29-56-34-37(46)45(16-20-50-18-14-42-38(47)57-32-35-10-6-4-7-11-35)17-21-51-19-15-43-39(48)58-33-36-12-8-5-9-13-36;1-25(2,3)40-24(31)28-39-21-20-37-17-16-35-13-12-34-14-15-36-18-19-38-22-23(30)29(6-10-32-8-4-26)7-11-33-9-5-27;28-23(32-19-21-7-3-1-4-8-21)26-13-17-30-15-11-25-12-16-31-18-14-27-24(29)33-20-22-9-5-2-6-10-22/h4-13H,14-34H2,1-3H3,(H,42,47)(H,43,48)(H,44,49);4-22,26-27H2,1-3H3,(H,28,31);1-10,25H,11-20H2,(H,26,28)(H,27,29). The van der Waals surface area contributed by atoms with Crippen LogP contribution < -0.4 is 49.0 Å². The fourth-order valence-electron chi connectivity index (χ4n) is 9.89. The molecule has 0 radical (unpaired) electrons. The number of ether oxygens (including phenoxy) is 22. The predicted octanol–water partition coefficient (Wildman–Crippen LogP) is 5.01. The van der Waals surface area contributed by atoms with Crippen LogP contribution in [0.5, 0.6) is 0 Å². The molecule has 43 nitrogen and oxygen atoms in total. The van der Waals surface area contributed by atoms with Gasteiger partial charge in [0, 0.05) is 78.5 Å². The van der Waals surface area contributed by atoms with Gasteiger partial charge in [-0.25, -0.2) is 28.8 Å². The number of carbonyl (C=O) groups excluding carboxylic acids is 8. The number of carbonyl (C=O) groups is 8. The zero-order chi connectivity index (χ0) is 96.5. The van der Waals surface area contributed by atoms with E-state index < -0.39 is 47.8 Å². The summed E-state index contributed by atoms with van der Waals surface area (Å²) >= 11 is 0. The summed E-state index contributed by atoms with van der Waals surface area (Å²) < 4.78 is 118. The van der Waals surface area contributed by atoms with Crippen molar-refractivity contribution in [2.45, 2.75) is 79.2 Å². The van der Waals surface area contributed by atoms with E-state index in [0.717, 1.165) is 22.3 Å². The van der Waals surface area contributed by atoms with E-state index in [9.17, 15) is 38.4 Å². The van der Waals surface area contributed by atoms with Crippen molar-refractivity contribution >= 4 is 48.4 Å². The zero-order valence-corrected chi connectivity index (χ0v) is 78.5. The Hall–Kier alpha value is -9.40. The van der Waals surface area contributed by atoms with Gasteiger partial charge in [0.05, 0.1) is 211 Å². The molecule has 0 aliphatic heterocycles. The van der Waals surface area contributed by atoms with Crippen LogP contribution in [0.15, 0.2) is 121 Å². The van der Waals surface area contributed by atoms with Gasteiger partial charge in [0.15, 0.2) is 0 Å². The fourth-order valence-corrected chi connectivity index (χ4v) is 9.89. The van der Waals surface area contributed by atoms with Crippen molar-refractivity contribution in [1.82, 2.24) is 47.3 Å². The minimum Gasteiger partial charge on any atom is -0.445 e. The lowest BCUT2D eigenvalue weighted by atomic mass is 10.2. The lowest BCUT2D eigenvalue weighted by Gasteiger charge is -2.23. The molecule has 11 N–H and O–H groups in total. The SMILES string of the molecule is CC(C)(C)OC(=O)NOCCOCCOCCOCCOCCOCC(=O)N(CCOCCN)CCOCCN.CC(C)(C)OC(=O)NOCCOCCOCCOCCOCCOCC(=O)N(CCOCCNC(=O)OCc1ccccc1)CCOCCNC(=O)OCc1ccccc1.O=C(NCCOCCNCCOCCNC(=O)OCc1ccccc1)OCc1ccccc1. The van der Waals surface area contributed by atoms with Crippen LogP contribution in [-0.4, -0.2) is 373 Å². The average Bonchev–Trinajstić information content (AvgIpc) is 0.949. The molecule has 0 unspecified atom stereocenters. The first kappa shape index (κ1) is 120. The molecule has 4 rings (SSSR count). The Kier molecular flexibility index (Phi) is 76.9. The number of nitrogens with one attached hydrogen (secondary N) is 7. The normalized spacial score (nSPS) is 11.1. The molecule has 8 amide bonds. The average molecular weight is 1900 g/mol. The Bertz CT molecular complexity index is 3310. The van der Waals surface area contributed by atoms with Crippen molar-refractivity contribution in [2.24, 2.45) is 11.5 Å². The number of rotatable bonds is 78. The third kappa shape index (κ3) is 80.8. The molecule has 43 heteroatoms. The van der Waals surface area contributed by atoms with Crippen LogP contribution >= 0.6 is 0 Å². The molecular formula is C90H149N11O32. The van der Waals surface area contributed by atoms with Crippen molar-refractivity contribution < 1.29 is 152 Å². The second-order valence-electron chi connectivity index (χ2n) is 29.6. The van der Waals surface area contributed by atoms with Crippen LogP contribution in [0, 0.1) is 0 Å². The number of amides is 8. The highest BCUT2D eigenvalue weighted by atomic mass is 16.7. The van der Waals surface area contributed by atoms with Crippen molar-refractivity contribution in [3.63, 3.8) is 0 Å². The van der Waals surface area contributed by atoms with Gasteiger partial charge in [0.2, 0.25) is 11.8 Å². The number of hydrogen-bond donors (Lipinski definition) is 9. The van der Waals surface area contributed by atoms with E-state index in [1.165, 1.54) is 0 Å². The topological polar surface area (TPSA) is 501 Å². The van der Waals surface area contributed by atoms with E-state index in [-0.39, 0.29) is 144 Å².